The topological polar surface area (TPSA) is 44.8 Å². The Morgan fingerprint density at radius 1 is 1.39 bits per heavy atom. The lowest BCUT2D eigenvalue weighted by Crippen LogP contribution is -2.34. The molecule has 2 fully saturated rings. The number of nitrogens with one attached hydrogen (secondary N) is 1. The minimum atomic E-state index is -2.36. The van der Waals surface area contributed by atoms with Gasteiger partial charge in [0.15, 0.2) is 0 Å². The Hall–Kier alpha value is -1.04. The normalized spacial score (nSPS) is 28.4. The number of likely N-dealkylation sites (tertiary alicyclic amines) is 1. The van der Waals surface area contributed by atoms with Gasteiger partial charge >= 0.3 is 0 Å². The van der Waals surface area contributed by atoms with Crippen molar-refractivity contribution in [2.24, 2.45) is 5.92 Å². The molecule has 1 saturated heterocycles. The Labute approximate surface area is 105 Å². The van der Waals surface area contributed by atoms with E-state index in [1.54, 1.807) is 0 Å². The third-order valence-corrected chi connectivity index (χ3v) is 4.16. The van der Waals surface area contributed by atoms with Crippen molar-refractivity contribution in [2.75, 3.05) is 19.6 Å². The van der Waals surface area contributed by atoms with E-state index in [9.17, 15) is 8.78 Å². The Morgan fingerprint density at radius 2 is 2.11 bits per heavy atom. The second-order valence-electron chi connectivity index (χ2n) is 5.44. The summed E-state index contributed by atoms with van der Waals surface area (Å²) in [5.74, 6) is -1.31. The summed E-state index contributed by atoms with van der Waals surface area (Å²) in [6.45, 7) is 2.76. The van der Waals surface area contributed by atoms with Gasteiger partial charge < -0.3 is 4.90 Å². The van der Waals surface area contributed by atoms with Crippen LogP contribution in [0, 0.1) is 5.92 Å². The Bertz CT molecular complexity index is 385. The highest BCUT2D eigenvalue weighted by Gasteiger charge is 2.56. The predicted octanol–water partition coefficient (Wildman–Crippen LogP) is 2.03. The minimum absolute atomic E-state index is 0.0987. The molecule has 1 N–H and O–H groups in total. The second kappa shape index (κ2) is 4.57. The summed E-state index contributed by atoms with van der Waals surface area (Å²) >= 11 is 0. The second-order valence-corrected chi connectivity index (χ2v) is 5.44. The first kappa shape index (κ1) is 12.0. The van der Waals surface area contributed by atoms with Crippen LogP contribution in [-0.4, -0.2) is 45.6 Å². The van der Waals surface area contributed by atoms with Gasteiger partial charge in [0.2, 0.25) is 0 Å². The van der Waals surface area contributed by atoms with Crippen molar-refractivity contribution >= 4 is 0 Å². The van der Waals surface area contributed by atoms with Gasteiger partial charge in [-0.3, -0.25) is 5.10 Å². The van der Waals surface area contributed by atoms with E-state index in [2.05, 4.69) is 20.1 Å². The van der Waals surface area contributed by atoms with Crippen molar-refractivity contribution in [2.45, 2.75) is 37.5 Å². The molecule has 2 aliphatic rings. The van der Waals surface area contributed by atoms with Crippen molar-refractivity contribution in [3.05, 3.63) is 12.2 Å². The van der Waals surface area contributed by atoms with Gasteiger partial charge in [-0.2, -0.15) is 5.10 Å². The number of aromatic amines is 1. The van der Waals surface area contributed by atoms with E-state index in [1.807, 2.05) is 0 Å². The molecular formula is C12H18F2N4. The van der Waals surface area contributed by atoms with Gasteiger partial charge in [0, 0.05) is 18.3 Å². The highest BCUT2D eigenvalue weighted by Crippen LogP contribution is 2.50. The largest absolute Gasteiger partial charge is 0.303 e. The lowest BCUT2D eigenvalue weighted by Gasteiger charge is -2.30. The van der Waals surface area contributed by atoms with Crippen LogP contribution >= 0.6 is 0 Å². The molecule has 100 valence electrons. The fourth-order valence-corrected chi connectivity index (χ4v) is 2.76. The van der Waals surface area contributed by atoms with Crippen LogP contribution in [0.1, 0.15) is 37.4 Å². The summed E-state index contributed by atoms with van der Waals surface area (Å²) in [4.78, 5) is 6.48. The number of halogens is 2. The molecule has 0 amide bonds. The fraction of sp³-hybridized carbons (Fsp3) is 0.833. The van der Waals surface area contributed by atoms with Crippen LogP contribution in [0.3, 0.4) is 0 Å². The number of rotatable bonds is 4. The van der Waals surface area contributed by atoms with E-state index < -0.39 is 5.92 Å². The zero-order chi connectivity index (χ0) is 12.6. The summed E-state index contributed by atoms with van der Waals surface area (Å²) < 4.78 is 25.5. The minimum Gasteiger partial charge on any atom is -0.303 e. The summed E-state index contributed by atoms with van der Waals surface area (Å²) in [7, 11) is 0. The average Bonchev–Trinajstić information content (AvgIpc) is 2.82. The summed E-state index contributed by atoms with van der Waals surface area (Å²) in [5.41, 5.74) is 0. The monoisotopic (exact) mass is 256 g/mol. The van der Waals surface area contributed by atoms with E-state index >= 15 is 0 Å². The lowest BCUT2D eigenvalue weighted by atomic mass is 9.96. The van der Waals surface area contributed by atoms with Crippen molar-refractivity contribution in [3.63, 3.8) is 0 Å². The molecular weight excluding hydrogens is 238 g/mol. The average molecular weight is 256 g/mol. The molecule has 18 heavy (non-hydrogen) atoms. The van der Waals surface area contributed by atoms with Crippen molar-refractivity contribution in [3.8, 4) is 0 Å². The molecule has 0 radical (unpaired) electrons. The number of alkyl halides is 2. The van der Waals surface area contributed by atoms with E-state index in [1.165, 1.54) is 6.33 Å². The molecule has 1 aliphatic carbocycles. The Kier molecular flexibility index (Phi) is 3.05. The van der Waals surface area contributed by atoms with E-state index in [0.29, 0.717) is 12.3 Å². The maximum absolute atomic E-state index is 12.8. The van der Waals surface area contributed by atoms with Gasteiger partial charge in [-0.1, -0.05) is 0 Å². The third kappa shape index (κ3) is 2.53. The summed E-state index contributed by atoms with van der Waals surface area (Å²) in [6, 6.07) is 0. The summed E-state index contributed by atoms with van der Waals surface area (Å²) in [5, 5.41) is 6.78. The Balaban J connectivity index is 1.41. The molecule has 1 saturated carbocycles. The first-order valence-electron chi connectivity index (χ1n) is 6.60. The third-order valence-electron chi connectivity index (χ3n) is 4.16. The van der Waals surface area contributed by atoms with Crippen LogP contribution in [0.15, 0.2) is 6.33 Å². The predicted molar refractivity (Wildman–Crippen MR) is 62.5 cm³/mol. The van der Waals surface area contributed by atoms with Gasteiger partial charge in [-0.25, -0.2) is 13.8 Å². The number of nitrogens with zero attached hydrogens (tertiary/aromatic N) is 3. The number of hydrogen-bond acceptors (Lipinski definition) is 3. The molecule has 0 unspecified atom stereocenters. The van der Waals surface area contributed by atoms with Gasteiger partial charge in [0.25, 0.3) is 5.92 Å². The van der Waals surface area contributed by atoms with E-state index in [-0.39, 0.29) is 12.3 Å². The highest BCUT2D eigenvalue weighted by molar-refractivity contribution is 4.97. The number of H-pyrrole nitrogens is 1. The van der Waals surface area contributed by atoms with Crippen LogP contribution in [0.2, 0.25) is 0 Å². The van der Waals surface area contributed by atoms with E-state index in [0.717, 1.165) is 38.3 Å². The fourth-order valence-electron chi connectivity index (χ4n) is 2.76. The SMILES string of the molecule is FC1(F)C[C@H]1CCN1CCC(c2ncn[nH]2)CC1. The Morgan fingerprint density at radius 3 is 2.67 bits per heavy atom. The molecule has 3 rings (SSSR count). The molecule has 0 aromatic carbocycles. The first-order chi connectivity index (χ1) is 8.65. The quantitative estimate of drug-likeness (QED) is 0.896. The van der Waals surface area contributed by atoms with Crippen molar-refractivity contribution < 1.29 is 8.78 Å². The maximum Gasteiger partial charge on any atom is 0.251 e. The number of piperidine rings is 1. The van der Waals surface area contributed by atoms with E-state index in [4.69, 9.17) is 0 Å². The standard InChI is InChI=1S/C12H18F2N4/c13-12(14)7-10(12)3-6-18-4-1-9(2-5-18)11-15-8-16-17-11/h8-10H,1-7H2,(H,15,16,17)/t10-/m1/s1. The van der Waals surface area contributed by atoms with Crippen molar-refractivity contribution in [1.82, 2.24) is 20.1 Å². The molecule has 2 heterocycles. The van der Waals surface area contributed by atoms with Gasteiger partial charge in [-0.15, -0.1) is 0 Å². The van der Waals surface area contributed by atoms with Crippen LogP contribution in [0.25, 0.3) is 0 Å². The number of aromatic nitrogens is 3. The zero-order valence-corrected chi connectivity index (χ0v) is 10.3. The van der Waals surface area contributed by atoms with Crippen LogP contribution in [-0.2, 0) is 0 Å². The van der Waals surface area contributed by atoms with Crippen LogP contribution in [0.5, 0.6) is 0 Å². The molecule has 4 nitrogen and oxygen atoms in total. The lowest BCUT2D eigenvalue weighted by molar-refractivity contribution is 0.0921. The molecule has 6 heteroatoms. The van der Waals surface area contributed by atoms with Crippen LogP contribution < -0.4 is 0 Å². The highest BCUT2D eigenvalue weighted by atomic mass is 19.3. The summed E-state index contributed by atoms with van der Waals surface area (Å²) in [6.07, 6.45) is 4.35. The molecule has 1 aliphatic heterocycles. The maximum atomic E-state index is 12.8. The molecule has 1 atom stereocenters. The van der Waals surface area contributed by atoms with Gasteiger partial charge in [0.1, 0.15) is 12.2 Å². The number of hydrogen-bond donors (Lipinski definition) is 1. The molecule has 0 bridgehead atoms. The smallest absolute Gasteiger partial charge is 0.251 e. The zero-order valence-electron chi connectivity index (χ0n) is 10.3. The molecule has 0 spiro atoms. The molecule has 1 aromatic heterocycles. The molecule has 1 aromatic rings. The van der Waals surface area contributed by atoms with Gasteiger partial charge in [-0.05, 0) is 38.9 Å². The van der Waals surface area contributed by atoms with Gasteiger partial charge in [0.05, 0.1) is 0 Å². The van der Waals surface area contributed by atoms with Crippen LogP contribution in [0.4, 0.5) is 8.78 Å². The van der Waals surface area contributed by atoms with Crippen molar-refractivity contribution in [1.29, 1.82) is 0 Å². The first-order valence-corrected chi connectivity index (χ1v) is 6.60.